The maximum absolute atomic E-state index is 14.0. The molecule has 0 aromatic heterocycles. The number of phenolic OH excluding ortho intramolecular Hbond substituents is 2. The van der Waals surface area contributed by atoms with Gasteiger partial charge in [-0.3, -0.25) is 47.2 Å². The third-order valence-corrected chi connectivity index (χ3v) is 18.7. The Balaban J connectivity index is 2.46. The summed E-state index contributed by atoms with van der Waals surface area (Å²) in [4.78, 5) is 93.6. The Bertz CT molecular complexity index is 2260. The topological polar surface area (TPSA) is 344 Å². The molecule has 0 bridgehead atoms. The Morgan fingerprint density at radius 1 is 0.556 bits per heavy atom. The highest BCUT2D eigenvalue weighted by Crippen LogP contribution is 2.69. The minimum atomic E-state index is -5.44. The molecule has 2 rings (SSSR count). The first-order valence-corrected chi connectivity index (χ1v) is 29.7. The Hall–Kier alpha value is -3.56. The van der Waals surface area contributed by atoms with Crippen LogP contribution in [0.25, 0.3) is 0 Å². The molecule has 2 amide bonds. The molecule has 410 valence electrons. The summed E-state index contributed by atoms with van der Waals surface area (Å²) in [6.07, 6.45) is -0.710. The SMILES string of the molecule is CCOP(=O)(OCC)C(NC(=O)CCc1ccc(O)c(CN(CCN(CC(=O)OC(C)(C)C)Cc2cc(CCC(=O)NC(P(=O)(O)O)P(=O)(O)O)ccc2O)CC(=O)OC(C)(C)C)c1)P(=O)(OCC)OCC. The second kappa shape index (κ2) is 28.4. The van der Waals surface area contributed by atoms with Gasteiger partial charge in [0.25, 0.3) is 0 Å². The lowest BCUT2D eigenvalue weighted by molar-refractivity contribution is -0.158. The highest BCUT2D eigenvalue weighted by molar-refractivity contribution is 7.72. The summed E-state index contributed by atoms with van der Waals surface area (Å²) < 4.78 is 84.2. The van der Waals surface area contributed by atoms with Gasteiger partial charge in [0.2, 0.25) is 22.9 Å². The fourth-order valence-electron chi connectivity index (χ4n) is 6.87. The molecule has 2 aromatic rings. The number of aryl methyl sites for hydroxylation is 2. The zero-order chi connectivity index (χ0) is 54.9. The first kappa shape index (κ1) is 64.6. The smallest absolute Gasteiger partial charge is 0.365 e. The van der Waals surface area contributed by atoms with Crippen molar-refractivity contribution in [2.45, 2.75) is 130 Å². The first-order valence-electron chi connectivity index (χ1n) is 23.1. The summed E-state index contributed by atoms with van der Waals surface area (Å²) in [5.41, 5.74) is -4.65. The molecule has 0 unspecified atom stereocenters. The summed E-state index contributed by atoms with van der Waals surface area (Å²) in [6, 6.07) is 8.93. The summed E-state index contributed by atoms with van der Waals surface area (Å²) >= 11 is 0. The number of hydrogen-bond donors (Lipinski definition) is 8. The molecule has 24 nitrogen and oxygen atoms in total. The van der Waals surface area contributed by atoms with Crippen LogP contribution in [0.5, 0.6) is 11.5 Å². The van der Waals surface area contributed by atoms with E-state index in [2.05, 4.69) is 5.32 Å². The van der Waals surface area contributed by atoms with Gasteiger partial charge in [0.05, 0.1) is 39.5 Å². The Morgan fingerprint density at radius 2 is 0.875 bits per heavy atom. The lowest BCUT2D eigenvalue weighted by Gasteiger charge is -2.31. The average Bonchev–Trinajstić information content (AvgIpc) is 3.22. The Kier molecular flexibility index (Phi) is 25.4. The zero-order valence-electron chi connectivity index (χ0n) is 42.6. The van der Waals surface area contributed by atoms with E-state index in [1.807, 2.05) is 0 Å². The highest BCUT2D eigenvalue weighted by Gasteiger charge is 2.52. The molecule has 0 fully saturated rings. The minimum Gasteiger partial charge on any atom is -0.508 e. The molecule has 0 atom stereocenters. The molecule has 0 aliphatic heterocycles. The molecule has 0 radical (unpaired) electrons. The van der Waals surface area contributed by atoms with E-state index in [0.29, 0.717) is 16.7 Å². The minimum absolute atomic E-state index is 0.0444. The van der Waals surface area contributed by atoms with Crippen molar-refractivity contribution >= 4 is 54.1 Å². The number of nitrogens with zero attached hydrogens (tertiary/aromatic N) is 2. The van der Waals surface area contributed by atoms with Gasteiger partial charge >= 0.3 is 42.3 Å². The van der Waals surface area contributed by atoms with Crippen LogP contribution in [0.15, 0.2) is 36.4 Å². The summed E-state index contributed by atoms with van der Waals surface area (Å²) in [5, 5.41) is 26.3. The number of carbonyl (C=O) groups is 4. The van der Waals surface area contributed by atoms with Gasteiger partial charge in [-0.15, -0.1) is 0 Å². The Morgan fingerprint density at radius 3 is 1.17 bits per heavy atom. The number of carbonyl (C=O) groups excluding carboxylic acids is 4. The van der Waals surface area contributed by atoms with E-state index in [1.54, 1.807) is 96.5 Å². The van der Waals surface area contributed by atoms with E-state index >= 15 is 0 Å². The Labute approximate surface area is 421 Å². The van der Waals surface area contributed by atoms with Gasteiger partial charge in [0, 0.05) is 50.1 Å². The predicted octanol–water partition coefficient (Wildman–Crippen LogP) is 5.64. The molecule has 0 spiro atoms. The van der Waals surface area contributed by atoms with Gasteiger partial charge in [0.15, 0.2) is 0 Å². The van der Waals surface area contributed by atoms with Gasteiger partial charge in [-0.05, 0) is 105 Å². The molecular weight excluding hydrogens is 1030 g/mol. The van der Waals surface area contributed by atoms with E-state index < -0.39 is 82.8 Å². The maximum atomic E-state index is 14.0. The monoisotopic (exact) mass is 1100 g/mol. The molecule has 0 saturated heterocycles. The van der Waals surface area contributed by atoms with Gasteiger partial charge in [-0.1, -0.05) is 24.3 Å². The van der Waals surface area contributed by atoms with Crippen LogP contribution in [-0.4, -0.2) is 138 Å². The molecular formula is C44H74N4O20P4. The molecule has 0 aliphatic rings. The van der Waals surface area contributed by atoms with Crippen LogP contribution in [0.2, 0.25) is 0 Å². The third kappa shape index (κ3) is 22.9. The molecule has 0 aliphatic carbocycles. The van der Waals surface area contributed by atoms with Crippen LogP contribution in [0.4, 0.5) is 0 Å². The maximum Gasteiger partial charge on any atom is 0.365 e. The van der Waals surface area contributed by atoms with Crippen molar-refractivity contribution in [3.8, 4) is 11.5 Å². The largest absolute Gasteiger partial charge is 0.508 e. The van der Waals surface area contributed by atoms with Crippen molar-refractivity contribution in [3.63, 3.8) is 0 Å². The van der Waals surface area contributed by atoms with Gasteiger partial charge in [0.1, 0.15) is 22.7 Å². The van der Waals surface area contributed by atoms with Crippen LogP contribution in [-0.2, 0) is 90.9 Å². The van der Waals surface area contributed by atoms with Crippen molar-refractivity contribution in [1.29, 1.82) is 0 Å². The number of phenols is 2. The third-order valence-electron chi connectivity index (χ3n) is 9.69. The number of aromatic hydroxyl groups is 2. The van der Waals surface area contributed by atoms with Crippen LogP contribution < -0.4 is 10.6 Å². The lowest BCUT2D eigenvalue weighted by Crippen LogP contribution is -2.41. The molecule has 28 heteroatoms. The van der Waals surface area contributed by atoms with Crippen molar-refractivity contribution < 1.29 is 94.8 Å². The quantitative estimate of drug-likeness (QED) is 0.0334. The van der Waals surface area contributed by atoms with Crippen molar-refractivity contribution in [2.24, 2.45) is 0 Å². The lowest BCUT2D eigenvalue weighted by atomic mass is 10.0. The van der Waals surface area contributed by atoms with E-state index in [-0.39, 0.29) is 102 Å². The summed E-state index contributed by atoms with van der Waals surface area (Å²) in [6.45, 7) is 15.3. The molecule has 0 heterocycles. The number of ether oxygens (including phenoxy) is 2. The molecule has 2 aromatic carbocycles. The standard InChI is InChI=1S/C44H74N4O20P4/c1-11-63-71(61,64-12-2)42(72(62,65-13-3)66-14-4)46-38(52)22-18-32-16-20-36(50)34(26-32)28-48(30-40(54)68-44(8,9)10)24-23-47(29-39(53)67-43(5,6)7)27-33-25-31(15-19-35(33)49)17-21-37(51)45-41(69(55,56)57)70(58,59)60/h15-16,19-20,25-26,41-42,49-50H,11-14,17-18,21-24,27-30H2,1-10H3,(H,45,51)(H,46,52)(H2,55,56,57)(H2,58,59,60). The fourth-order valence-corrected chi connectivity index (χ4v) is 14.0. The molecule has 8 N–H and O–H groups in total. The second-order valence-corrected chi connectivity index (χ2v) is 26.8. The van der Waals surface area contributed by atoms with Crippen LogP contribution in [0.3, 0.4) is 0 Å². The van der Waals surface area contributed by atoms with Gasteiger partial charge in [-0.25, -0.2) is 0 Å². The number of nitrogens with one attached hydrogen (secondary N) is 2. The van der Waals surface area contributed by atoms with Crippen molar-refractivity contribution in [3.05, 3.63) is 58.7 Å². The van der Waals surface area contributed by atoms with Crippen LogP contribution in [0.1, 0.15) is 104 Å². The summed E-state index contributed by atoms with van der Waals surface area (Å²) in [5.74, 6) is -3.35. The number of benzene rings is 2. The normalized spacial score (nSPS) is 13.0. The van der Waals surface area contributed by atoms with E-state index in [1.165, 1.54) is 24.3 Å². The highest BCUT2D eigenvalue weighted by atomic mass is 31.2. The zero-order valence-corrected chi connectivity index (χ0v) is 46.2. The number of rotatable bonds is 31. The van der Waals surface area contributed by atoms with Crippen molar-refractivity contribution in [2.75, 3.05) is 52.6 Å². The summed E-state index contributed by atoms with van der Waals surface area (Å²) in [7, 11) is -19.5. The first-order chi connectivity index (χ1) is 33.2. The number of amides is 2. The fraction of sp³-hybridized carbons (Fsp3) is 0.636. The number of esters is 2. The predicted molar refractivity (Wildman–Crippen MR) is 265 cm³/mol. The van der Waals surface area contributed by atoms with E-state index in [0.717, 1.165) is 0 Å². The van der Waals surface area contributed by atoms with Crippen molar-refractivity contribution in [1.82, 2.24) is 20.4 Å². The molecule has 0 saturated carbocycles. The van der Waals surface area contributed by atoms with E-state index in [9.17, 15) is 67.2 Å². The van der Waals surface area contributed by atoms with Gasteiger partial charge < -0.3 is 68.0 Å². The second-order valence-electron chi connectivity index (χ2n) is 18.3. The average molecular weight is 1100 g/mol. The number of hydrogen-bond acceptors (Lipinski definition) is 18. The van der Waals surface area contributed by atoms with Gasteiger partial charge in [-0.2, -0.15) is 0 Å². The van der Waals surface area contributed by atoms with Crippen LogP contribution >= 0.6 is 30.4 Å². The molecule has 72 heavy (non-hydrogen) atoms. The van der Waals surface area contributed by atoms with E-state index in [4.69, 9.17) is 27.6 Å². The van der Waals surface area contributed by atoms with Crippen LogP contribution in [0, 0.1) is 0 Å².